The molecule has 1 unspecified atom stereocenters. The van der Waals surface area contributed by atoms with Gasteiger partial charge in [0.1, 0.15) is 17.6 Å². The summed E-state index contributed by atoms with van der Waals surface area (Å²) < 4.78 is 13.8. The van der Waals surface area contributed by atoms with E-state index in [1.165, 1.54) is 17.4 Å². The van der Waals surface area contributed by atoms with E-state index in [9.17, 15) is 14.0 Å². The maximum Gasteiger partial charge on any atom is 0.271 e. The molecule has 0 radical (unpaired) electrons. The SMILES string of the molecule is CC(NC(=O)c1csc(Cc2ccccc2F)n1)C(=O)N1CCc2ccccc21. The van der Waals surface area contributed by atoms with Gasteiger partial charge < -0.3 is 10.2 Å². The van der Waals surface area contributed by atoms with Gasteiger partial charge in [0.15, 0.2) is 0 Å². The average molecular weight is 409 g/mol. The standard InChI is InChI=1S/C22H20FN3O2S/c1-14(22(28)26-11-10-15-6-3-5-9-19(15)26)24-21(27)18-13-29-20(25-18)12-16-7-2-4-8-17(16)23/h2-9,13-14H,10-12H2,1H3,(H,24,27). The van der Waals surface area contributed by atoms with Crippen molar-refractivity contribution in [3.8, 4) is 0 Å². The number of rotatable bonds is 5. The molecular weight excluding hydrogens is 389 g/mol. The molecule has 0 saturated heterocycles. The van der Waals surface area contributed by atoms with Crippen LogP contribution in [0.1, 0.15) is 33.5 Å². The number of fused-ring (bicyclic) bond motifs is 1. The molecule has 5 nitrogen and oxygen atoms in total. The third kappa shape index (κ3) is 4.05. The topological polar surface area (TPSA) is 62.3 Å². The smallest absolute Gasteiger partial charge is 0.271 e. The number of benzene rings is 2. The highest BCUT2D eigenvalue weighted by Gasteiger charge is 2.29. The molecule has 1 aliphatic rings. The van der Waals surface area contributed by atoms with Crippen LogP contribution in [0, 0.1) is 5.82 Å². The van der Waals surface area contributed by atoms with Gasteiger partial charge in [-0.2, -0.15) is 0 Å². The first-order valence-corrected chi connectivity index (χ1v) is 10.3. The summed E-state index contributed by atoms with van der Waals surface area (Å²) in [5, 5.41) is 5.01. The quantitative estimate of drug-likeness (QED) is 0.701. The molecule has 0 saturated carbocycles. The van der Waals surface area contributed by atoms with Gasteiger partial charge in [-0.1, -0.05) is 36.4 Å². The Morgan fingerprint density at radius 2 is 1.97 bits per heavy atom. The van der Waals surface area contributed by atoms with E-state index >= 15 is 0 Å². The number of thiazole rings is 1. The Balaban J connectivity index is 1.40. The van der Waals surface area contributed by atoms with Crippen LogP contribution in [0.25, 0.3) is 0 Å². The Morgan fingerprint density at radius 3 is 2.79 bits per heavy atom. The largest absolute Gasteiger partial charge is 0.339 e. The van der Waals surface area contributed by atoms with Crippen molar-refractivity contribution >= 4 is 28.8 Å². The van der Waals surface area contributed by atoms with Crippen LogP contribution in [0.5, 0.6) is 0 Å². The van der Waals surface area contributed by atoms with Gasteiger partial charge in [-0.25, -0.2) is 9.37 Å². The van der Waals surface area contributed by atoms with Crippen molar-refractivity contribution in [3.63, 3.8) is 0 Å². The number of nitrogens with zero attached hydrogens (tertiary/aromatic N) is 2. The molecular formula is C22H20FN3O2S. The first kappa shape index (κ1) is 19.3. The van der Waals surface area contributed by atoms with E-state index in [-0.39, 0.29) is 17.4 Å². The van der Waals surface area contributed by atoms with Gasteiger partial charge in [0.05, 0.1) is 5.01 Å². The lowest BCUT2D eigenvalue weighted by Crippen LogP contribution is -2.46. The number of anilines is 1. The van der Waals surface area contributed by atoms with Crippen molar-refractivity contribution in [2.24, 2.45) is 0 Å². The number of aromatic nitrogens is 1. The summed E-state index contributed by atoms with van der Waals surface area (Å²) in [5.41, 5.74) is 2.81. The lowest BCUT2D eigenvalue weighted by molar-refractivity contribution is -0.119. The number of amides is 2. The fourth-order valence-corrected chi connectivity index (χ4v) is 4.23. The summed E-state index contributed by atoms with van der Waals surface area (Å²) in [7, 11) is 0. The second kappa shape index (κ2) is 8.13. The lowest BCUT2D eigenvalue weighted by Gasteiger charge is -2.22. The Bertz CT molecular complexity index is 1070. The highest BCUT2D eigenvalue weighted by atomic mass is 32.1. The van der Waals surface area contributed by atoms with Gasteiger partial charge in [0, 0.05) is 24.0 Å². The van der Waals surface area contributed by atoms with Gasteiger partial charge in [0.25, 0.3) is 5.91 Å². The third-order valence-electron chi connectivity index (χ3n) is 4.96. The lowest BCUT2D eigenvalue weighted by atomic mass is 10.1. The highest BCUT2D eigenvalue weighted by molar-refractivity contribution is 7.09. The first-order chi connectivity index (χ1) is 14.0. The van der Waals surface area contributed by atoms with Crippen LogP contribution >= 0.6 is 11.3 Å². The van der Waals surface area contributed by atoms with Gasteiger partial charge in [-0.05, 0) is 36.6 Å². The molecule has 0 bridgehead atoms. The van der Waals surface area contributed by atoms with Crippen LogP contribution in [-0.4, -0.2) is 29.4 Å². The van der Waals surface area contributed by atoms with E-state index in [0.29, 0.717) is 23.5 Å². The molecule has 1 aromatic heterocycles. The molecule has 1 atom stereocenters. The van der Waals surface area contributed by atoms with Crippen LogP contribution in [-0.2, 0) is 17.6 Å². The second-order valence-corrected chi connectivity index (χ2v) is 7.90. The molecule has 4 rings (SSSR count). The van der Waals surface area contributed by atoms with Crippen LogP contribution in [0.2, 0.25) is 0 Å². The third-order valence-corrected chi connectivity index (χ3v) is 5.80. The van der Waals surface area contributed by atoms with Crippen LogP contribution in [0.3, 0.4) is 0 Å². The molecule has 148 valence electrons. The second-order valence-electron chi connectivity index (χ2n) is 6.96. The molecule has 7 heteroatoms. The molecule has 2 aromatic carbocycles. The molecule has 29 heavy (non-hydrogen) atoms. The van der Waals surface area contributed by atoms with E-state index < -0.39 is 11.9 Å². The van der Waals surface area contributed by atoms with Gasteiger partial charge >= 0.3 is 0 Å². The fourth-order valence-electron chi connectivity index (χ4n) is 3.43. The Labute approximate surface area is 172 Å². The molecule has 3 aromatic rings. The van der Waals surface area contributed by atoms with E-state index in [1.807, 2.05) is 24.3 Å². The molecule has 0 spiro atoms. The summed E-state index contributed by atoms with van der Waals surface area (Å²) in [6.45, 7) is 2.29. The molecule has 2 amide bonds. The summed E-state index contributed by atoms with van der Waals surface area (Å²) in [5.74, 6) is -0.849. The predicted octanol–water partition coefficient (Wildman–Crippen LogP) is 3.58. The maximum atomic E-state index is 13.8. The zero-order valence-corrected chi connectivity index (χ0v) is 16.7. The number of hydrogen-bond donors (Lipinski definition) is 1. The van der Waals surface area contributed by atoms with E-state index in [2.05, 4.69) is 10.3 Å². The Kier molecular flexibility index (Phi) is 5.40. The molecule has 2 heterocycles. The number of para-hydroxylation sites is 1. The predicted molar refractivity (Wildman–Crippen MR) is 111 cm³/mol. The molecule has 0 fully saturated rings. The number of carbonyl (C=O) groups excluding carboxylic acids is 2. The zero-order chi connectivity index (χ0) is 20.4. The van der Waals surface area contributed by atoms with Crippen LogP contribution < -0.4 is 10.2 Å². The van der Waals surface area contributed by atoms with Crippen molar-refractivity contribution in [1.82, 2.24) is 10.3 Å². The molecule has 0 aliphatic carbocycles. The van der Waals surface area contributed by atoms with Crippen molar-refractivity contribution in [3.05, 3.63) is 81.6 Å². The number of halogens is 1. The van der Waals surface area contributed by atoms with Crippen molar-refractivity contribution in [1.29, 1.82) is 0 Å². The summed E-state index contributed by atoms with van der Waals surface area (Å²) in [6, 6.07) is 13.6. The van der Waals surface area contributed by atoms with Crippen LogP contribution in [0.4, 0.5) is 10.1 Å². The normalized spacial score (nSPS) is 13.8. The first-order valence-electron chi connectivity index (χ1n) is 9.41. The van der Waals surface area contributed by atoms with Crippen molar-refractivity contribution < 1.29 is 14.0 Å². The van der Waals surface area contributed by atoms with Crippen molar-refractivity contribution in [2.75, 3.05) is 11.4 Å². The van der Waals surface area contributed by atoms with E-state index in [0.717, 1.165) is 17.7 Å². The van der Waals surface area contributed by atoms with Gasteiger partial charge in [-0.3, -0.25) is 9.59 Å². The summed E-state index contributed by atoms with van der Waals surface area (Å²) >= 11 is 1.30. The van der Waals surface area contributed by atoms with E-state index in [4.69, 9.17) is 0 Å². The Hall–Kier alpha value is -3.06. The Morgan fingerprint density at radius 1 is 1.21 bits per heavy atom. The summed E-state index contributed by atoms with van der Waals surface area (Å²) in [4.78, 5) is 31.4. The zero-order valence-electron chi connectivity index (χ0n) is 15.9. The van der Waals surface area contributed by atoms with Crippen molar-refractivity contribution in [2.45, 2.75) is 25.8 Å². The number of carbonyl (C=O) groups is 2. The highest BCUT2D eigenvalue weighted by Crippen LogP contribution is 2.28. The van der Waals surface area contributed by atoms with Crippen LogP contribution in [0.15, 0.2) is 53.9 Å². The maximum absolute atomic E-state index is 13.8. The fraction of sp³-hybridized carbons (Fsp3) is 0.227. The van der Waals surface area contributed by atoms with E-state index in [1.54, 1.807) is 35.4 Å². The summed E-state index contributed by atoms with van der Waals surface area (Å²) in [6.07, 6.45) is 1.14. The minimum absolute atomic E-state index is 0.148. The molecule has 1 N–H and O–H groups in total. The average Bonchev–Trinajstić information content (AvgIpc) is 3.36. The monoisotopic (exact) mass is 409 g/mol. The minimum Gasteiger partial charge on any atom is -0.339 e. The van der Waals surface area contributed by atoms with Gasteiger partial charge in [-0.15, -0.1) is 11.3 Å². The van der Waals surface area contributed by atoms with Gasteiger partial charge in [0.2, 0.25) is 5.91 Å². The minimum atomic E-state index is -0.676. The molecule has 1 aliphatic heterocycles. The number of hydrogen-bond acceptors (Lipinski definition) is 4. The number of nitrogens with one attached hydrogen (secondary N) is 1.